The van der Waals surface area contributed by atoms with Crippen molar-refractivity contribution in [3.63, 3.8) is 0 Å². The number of anilines is 2. The number of hydrogen-bond acceptors (Lipinski definition) is 6. The van der Waals surface area contributed by atoms with E-state index in [9.17, 15) is 14.4 Å². The molecule has 1 unspecified atom stereocenters. The Morgan fingerprint density at radius 1 is 1.09 bits per heavy atom. The number of likely N-dealkylation sites (tertiary alicyclic amines) is 1. The number of amides is 3. The van der Waals surface area contributed by atoms with Gasteiger partial charge in [0.05, 0.1) is 10.6 Å². The number of nitriles is 1. The first-order valence-electron chi connectivity index (χ1n) is 10.9. The van der Waals surface area contributed by atoms with Crippen LogP contribution in [0, 0.1) is 11.3 Å². The van der Waals surface area contributed by atoms with Crippen molar-refractivity contribution in [1.82, 2.24) is 4.90 Å². The molecule has 34 heavy (non-hydrogen) atoms. The fourth-order valence-corrected chi connectivity index (χ4v) is 4.98. The smallest absolute Gasteiger partial charge is 0.262 e. The van der Waals surface area contributed by atoms with E-state index in [1.807, 2.05) is 6.07 Å². The highest BCUT2D eigenvalue weighted by molar-refractivity contribution is 8.15. The average molecular weight is 496 g/mol. The molecular weight excluding hydrogens is 474 g/mol. The van der Waals surface area contributed by atoms with E-state index < -0.39 is 5.25 Å². The van der Waals surface area contributed by atoms with E-state index in [0.717, 1.165) is 31.1 Å². The van der Waals surface area contributed by atoms with Crippen LogP contribution in [0.3, 0.4) is 0 Å². The number of nitrogens with one attached hydrogen (secondary N) is 2. The lowest BCUT2D eigenvalue weighted by atomic mass is 10.1. The number of thioether (sulfide) groups is 1. The Morgan fingerprint density at radius 2 is 1.79 bits per heavy atom. The molecule has 10 heteroatoms. The molecule has 0 saturated carbocycles. The molecule has 2 N–H and O–H groups in total. The fraction of sp³-hybridized carbons (Fsp3) is 0.292. The summed E-state index contributed by atoms with van der Waals surface area (Å²) in [6.45, 7) is 1.80. The van der Waals surface area contributed by atoms with Gasteiger partial charge in [-0.25, -0.2) is 0 Å². The molecular formula is C24H22ClN5O3S. The van der Waals surface area contributed by atoms with Crippen LogP contribution in [0.15, 0.2) is 47.5 Å². The van der Waals surface area contributed by atoms with E-state index in [-0.39, 0.29) is 29.7 Å². The van der Waals surface area contributed by atoms with E-state index in [0.29, 0.717) is 22.0 Å². The van der Waals surface area contributed by atoms with Crippen LogP contribution in [0.5, 0.6) is 0 Å². The summed E-state index contributed by atoms with van der Waals surface area (Å²) in [7, 11) is 0. The molecule has 0 spiro atoms. The minimum atomic E-state index is -0.514. The normalized spacial score (nSPS) is 17.6. The van der Waals surface area contributed by atoms with Crippen LogP contribution in [0.2, 0.25) is 5.02 Å². The molecule has 0 aliphatic carbocycles. The summed E-state index contributed by atoms with van der Waals surface area (Å²) >= 11 is 7.27. The molecule has 0 bridgehead atoms. The topological polar surface area (TPSA) is 115 Å². The number of amidine groups is 1. The second kappa shape index (κ2) is 10.7. The zero-order valence-electron chi connectivity index (χ0n) is 18.2. The maximum atomic E-state index is 12.5. The molecule has 2 aliphatic heterocycles. The number of halogens is 1. The van der Waals surface area contributed by atoms with E-state index in [2.05, 4.69) is 20.5 Å². The van der Waals surface area contributed by atoms with Crippen LogP contribution in [0.25, 0.3) is 0 Å². The van der Waals surface area contributed by atoms with Gasteiger partial charge in [0.25, 0.3) is 11.8 Å². The number of hydrogen-bond donors (Lipinski definition) is 2. The van der Waals surface area contributed by atoms with Crippen molar-refractivity contribution in [2.45, 2.75) is 30.9 Å². The van der Waals surface area contributed by atoms with Gasteiger partial charge in [0.1, 0.15) is 11.3 Å². The van der Waals surface area contributed by atoms with Crippen LogP contribution in [0.4, 0.5) is 11.4 Å². The van der Waals surface area contributed by atoms with Crippen molar-refractivity contribution in [2.75, 3.05) is 23.7 Å². The molecule has 4 rings (SSSR count). The van der Waals surface area contributed by atoms with Crippen LogP contribution in [-0.2, 0) is 9.59 Å². The third-order valence-corrected chi connectivity index (χ3v) is 7.04. The first kappa shape index (κ1) is 23.8. The summed E-state index contributed by atoms with van der Waals surface area (Å²) in [4.78, 5) is 43.5. The van der Waals surface area contributed by atoms with Gasteiger partial charge in [-0.05, 0) is 61.7 Å². The molecule has 0 aromatic heterocycles. The summed E-state index contributed by atoms with van der Waals surface area (Å²) in [6.07, 6.45) is 3.41. The number of carbonyl (C=O) groups is 3. The van der Waals surface area contributed by atoms with Crippen LogP contribution < -0.4 is 10.6 Å². The maximum Gasteiger partial charge on any atom is 0.262 e. The first-order chi connectivity index (χ1) is 16.4. The van der Waals surface area contributed by atoms with Crippen LogP contribution in [-0.4, -0.2) is 46.1 Å². The Labute approximate surface area is 206 Å². The van der Waals surface area contributed by atoms with Gasteiger partial charge in [0, 0.05) is 36.4 Å². The molecule has 2 heterocycles. The Morgan fingerprint density at radius 3 is 2.50 bits per heavy atom. The SMILES string of the molecule is N#Cc1cc(NC(=O)c2ccc(NC(=O)CC3SC(N4CCCCC4)=NC3=O)cc2)ccc1Cl. The molecule has 1 fully saturated rings. The second-order valence-electron chi connectivity index (χ2n) is 7.98. The van der Waals surface area contributed by atoms with Gasteiger partial charge in [-0.1, -0.05) is 23.4 Å². The molecule has 0 radical (unpaired) electrons. The number of nitrogens with zero attached hydrogens (tertiary/aromatic N) is 3. The number of rotatable bonds is 5. The standard InChI is InChI=1S/C24H22ClN5O3S/c25-19-9-8-18(12-16(19)14-26)28-22(32)15-4-6-17(7-5-15)27-21(31)13-20-23(33)29-24(34-20)30-10-2-1-3-11-30/h4-9,12,20H,1-3,10-11,13H2,(H,27,31)(H,28,32). The summed E-state index contributed by atoms with van der Waals surface area (Å²) < 4.78 is 0. The lowest BCUT2D eigenvalue weighted by Gasteiger charge is -2.27. The van der Waals surface area contributed by atoms with E-state index in [1.54, 1.807) is 36.4 Å². The molecule has 2 aliphatic rings. The van der Waals surface area contributed by atoms with Gasteiger partial charge >= 0.3 is 0 Å². The van der Waals surface area contributed by atoms with Crippen molar-refractivity contribution < 1.29 is 14.4 Å². The van der Waals surface area contributed by atoms with E-state index in [1.165, 1.54) is 24.2 Å². The van der Waals surface area contributed by atoms with Crippen molar-refractivity contribution in [1.29, 1.82) is 5.26 Å². The third-order valence-electron chi connectivity index (χ3n) is 5.50. The predicted octanol–water partition coefficient (Wildman–Crippen LogP) is 4.28. The zero-order valence-corrected chi connectivity index (χ0v) is 19.8. The number of benzene rings is 2. The molecule has 174 valence electrons. The highest BCUT2D eigenvalue weighted by Gasteiger charge is 2.33. The molecule has 2 aromatic rings. The zero-order chi connectivity index (χ0) is 24.1. The first-order valence-corrected chi connectivity index (χ1v) is 12.1. The molecule has 8 nitrogen and oxygen atoms in total. The average Bonchev–Trinajstić information content (AvgIpc) is 3.21. The Bertz CT molecular complexity index is 1190. The quantitative estimate of drug-likeness (QED) is 0.640. The largest absolute Gasteiger partial charge is 0.351 e. The third kappa shape index (κ3) is 5.76. The second-order valence-corrected chi connectivity index (χ2v) is 9.55. The van der Waals surface area contributed by atoms with Gasteiger partial charge in [-0.2, -0.15) is 10.3 Å². The molecule has 3 amide bonds. The van der Waals surface area contributed by atoms with Crippen molar-refractivity contribution >= 4 is 57.6 Å². The van der Waals surface area contributed by atoms with Gasteiger partial charge < -0.3 is 15.5 Å². The van der Waals surface area contributed by atoms with Crippen LogP contribution in [0.1, 0.15) is 41.6 Å². The molecule has 2 aromatic carbocycles. The maximum absolute atomic E-state index is 12.5. The summed E-state index contributed by atoms with van der Waals surface area (Å²) in [5.41, 5.74) is 1.62. The number of piperidine rings is 1. The monoisotopic (exact) mass is 495 g/mol. The van der Waals surface area contributed by atoms with Gasteiger partial charge in [0.2, 0.25) is 5.91 Å². The number of carbonyl (C=O) groups excluding carboxylic acids is 3. The Balaban J connectivity index is 1.29. The summed E-state index contributed by atoms with van der Waals surface area (Å²) in [6, 6.07) is 13.0. The van der Waals surface area contributed by atoms with E-state index >= 15 is 0 Å². The van der Waals surface area contributed by atoms with Crippen molar-refractivity contribution in [3.8, 4) is 6.07 Å². The Hall–Kier alpha value is -3.35. The highest BCUT2D eigenvalue weighted by atomic mass is 35.5. The van der Waals surface area contributed by atoms with E-state index in [4.69, 9.17) is 16.9 Å². The lowest BCUT2D eigenvalue weighted by Crippen LogP contribution is -2.33. The lowest BCUT2D eigenvalue weighted by molar-refractivity contribution is -0.121. The Kier molecular flexibility index (Phi) is 7.50. The molecule has 1 saturated heterocycles. The van der Waals surface area contributed by atoms with Crippen molar-refractivity contribution in [2.24, 2.45) is 4.99 Å². The van der Waals surface area contributed by atoms with Crippen molar-refractivity contribution in [3.05, 3.63) is 58.6 Å². The molecule has 1 atom stereocenters. The van der Waals surface area contributed by atoms with Gasteiger partial charge in [-0.15, -0.1) is 0 Å². The summed E-state index contributed by atoms with van der Waals surface area (Å²) in [5.74, 6) is -0.919. The fourth-order valence-electron chi connectivity index (χ4n) is 3.71. The minimum Gasteiger partial charge on any atom is -0.351 e. The highest BCUT2D eigenvalue weighted by Crippen LogP contribution is 2.29. The van der Waals surface area contributed by atoms with Gasteiger partial charge in [0.15, 0.2) is 5.17 Å². The predicted molar refractivity (Wildman–Crippen MR) is 133 cm³/mol. The van der Waals surface area contributed by atoms with Crippen LogP contribution >= 0.6 is 23.4 Å². The number of aliphatic imine (C=N–C) groups is 1. The minimum absolute atomic E-state index is 0.0321. The van der Waals surface area contributed by atoms with Gasteiger partial charge in [-0.3, -0.25) is 14.4 Å². The summed E-state index contributed by atoms with van der Waals surface area (Å²) in [5, 5.41) is 15.1.